The summed E-state index contributed by atoms with van der Waals surface area (Å²) >= 11 is 0. The summed E-state index contributed by atoms with van der Waals surface area (Å²) in [4.78, 5) is 13.0. The summed E-state index contributed by atoms with van der Waals surface area (Å²) in [6.07, 6.45) is 1.36. The van der Waals surface area contributed by atoms with Gasteiger partial charge in [-0.25, -0.2) is 0 Å². The smallest absolute Gasteiger partial charge is 0.217 e. The third-order valence-electron chi connectivity index (χ3n) is 2.61. The van der Waals surface area contributed by atoms with Crippen LogP contribution in [0, 0.1) is 0 Å². The van der Waals surface area contributed by atoms with Gasteiger partial charge in [0.15, 0.2) is 0 Å². The van der Waals surface area contributed by atoms with Crippen LogP contribution in [0.5, 0.6) is 0 Å². The van der Waals surface area contributed by atoms with Crippen LogP contribution in [0.4, 0.5) is 0 Å². The summed E-state index contributed by atoms with van der Waals surface area (Å²) < 4.78 is 5.56. The van der Waals surface area contributed by atoms with E-state index in [1.807, 2.05) is 0 Å². The van der Waals surface area contributed by atoms with E-state index in [1.165, 1.54) is 0 Å². The normalized spacial score (nSPS) is 24.1. The molecule has 1 atom stereocenters. The molecule has 4 heteroatoms. The number of carbonyl (C=O) groups excluding carboxylic acids is 1. The number of hydrogen-bond donors (Lipinski definition) is 1. The fourth-order valence-corrected chi connectivity index (χ4v) is 1.69. The number of morpholine rings is 1. The van der Waals surface area contributed by atoms with Gasteiger partial charge in [0.05, 0.1) is 12.7 Å². The lowest BCUT2D eigenvalue weighted by Crippen LogP contribution is -2.45. The average molecular weight is 200 g/mol. The molecule has 0 radical (unpaired) electrons. The van der Waals surface area contributed by atoms with Crippen molar-refractivity contribution in [1.82, 2.24) is 4.90 Å². The van der Waals surface area contributed by atoms with Gasteiger partial charge in [-0.1, -0.05) is 0 Å². The Bertz CT molecular complexity index is 195. The first-order valence-electron chi connectivity index (χ1n) is 5.23. The average Bonchev–Trinajstić information content (AvgIpc) is 2.15. The Hall–Kier alpha value is -0.610. The van der Waals surface area contributed by atoms with Gasteiger partial charge in [0.25, 0.3) is 0 Å². The molecule has 14 heavy (non-hydrogen) atoms. The van der Waals surface area contributed by atoms with E-state index >= 15 is 0 Å². The second-order valence-electron chi connectivity index (χ2n) is 4.09. The zero-order valence-electron chi connectivity index (χ0n) is 9.03. The first-order valence-corrected chi connectivity index (χ1v) is 5.23. The Kier molecular flexibility index (Phi) is 4.35. The third kappa shape index (κ3) is 3.64. The Morgan fingerprint density at radius 2 is 2.36 bits per heavy atom. The molecule has 82 valence electrons. The van der Waals surface area contributed by atoms with Gasteiger partial charge in [0.1, 0.15) is 0 Å². The summed E-state index contributed by atoms with van der Waals surface area (Å²) in [5.74, 6) is -0.240. The van der Waals surface area contributed by atoms with Gasteiger partial charge in [0.2, 0.25) is 5.91 Å². The fourth-order valence-electron chi connectivity index (χ4n) is 1.69. The van der Waals surface area contributed by atoms with Gasteiger partial charge in [0, 0.05) is 25.6 Å². The minimum atomic E-state index is -0.240. The zero-order valence-corrected chi connectivity index (χ0v) is 9.03. The van der Waals surface area contributed by atoms with Gasteiger partial charge in [-0.05, 0) is 20.3 Å². The Labute approximate surface area is 85.4 Å². The van der Waals surface area contributed by atoms with E-state index in [0.717, 1.165) is 26.1 Å². The van der Waals surface area contributed by atoms with Crippen LogP contribution in [-0.2, 0) is 9.53 Å². The zero-order chi connectivity index (χ0) is 10.6. The number of amides is 1. The molecular weight excluding hydrogens is 180 g/mol. The van der Waals surface area contributed by atoms with Crippen molar-refractivity contribution in [2.75, 3.05) is 19.7 Å². The van der Waals surface area contributed by atoms with Crippen molar-refractivity contribution >= 4 is 5.91 Å². The number of carbonyl (C=O) groups is 1. The molecule has 1 heterocycles. The second-order valence-corrected chi connectivity index (χ2v) is 4.09. The van der Waals surface area contributed by atoms with Gasteiger partial charge in [-0.2, -0.15) is 0 Å². The van der Waals surface area contributed by atoms with Gasteiger partial charge >= 0.3 is 0 Å². The lowest BCUT2D eigenvalue weighted by atomic mass is 10.1. The minimum absolute atomic E-state index is 0.179. The molecule has 0 aliphatic carbocycles. The molecule has 0 bridgehead atoms. The molecule has 2 N–H and O–H groups in total. The minimum Gasteiger partial charge on any atom is -0.376 e. The summed E-state index contributed by atoms with van der Waals surface area (Å²) in [6, 6.07) is 0.551. The van der Waals surface area contributed by atoms with Crippen molar-refractivity contribution in [3.8, 4) is 0 Å². The van der Waals surface area contributed by atoms with Crippen LogP contribution >= 0.6 is 0 Å². The highest BCUT2D eigenvalue weighted by Gasteiger charge is 2.22. The second kappa shape index (κ2) is 5.32. The number of ether oxygens (including phenoxy) is 1. The molecule has 4 nitrogen and oxygen atoms in total. The first-order chi connectivity index (χ1) is 6.59. The van der Waals surface area contributed by atoms with E-state index in [4.69, 9.17) is 10.5 Å². The maximum absolute atomic E-state index is 10.6. The molecule has 1 aliphatic heterocycles. The molecule has 0 aromatic rings. The van der Waals surface area contributed by atoms with Crippen molar-refractivity contribution in [1.29, 1.82) is 0 Å². The lowest BCUT2D eigenvalue weighted by Gasteiger charge is -2.35. The highest BCUT2D eigenvalue weighted by molar-refractivity contribution is 5.73. The number of hydrogen-bond acceptors (Lipinski definition) is 3. The van der Waals surface area contributed by atoms with E-state index in [-0.39, 0.29) is 12.0 Å². The van der Waals surface area contributed by atoms with Crippen LogP contribution < -0.4 is 5.73 Å². The third-order valence-corrected chi connectivity index (χ3v) is 2.61. The molecule has 0 saturated carbocycles. The van der Waals surface area contributed by atoms with E-state index in [1.54, 1.807) is 0 Å². The van der Waals surface area contributed by atoms with E-state index in [2.05, 4.69) is 18.7 Å². The van der Waals surface area contributed by atoms with E-state index < -0.39 is 0 Å². The largest absolute Gasteiger partial charge is 0.376 e. The van der Waals surface area contributed by atoms with Crippen LogP contribution in [0.15, 0.2) is 0 Å². The molecule has 0 aromatic heterocycles. The van der Waals surface area contributed by atoms with Gasteiger partial charge in [-0.15, -0.1) is 0 Å². The van der Waals surface area contributed by atoms with Crippen LogP contribution in [0.2, 0.25) is 0 Å². The monoisotopic (exact) mass is 200 g/mol. The Morgan fingerprint density at radius 3 is 2.93 bits per heavy atom. The highest BCUT2D eigenvalue weighted by Crippen LogP contribution is 2.12. The number of nitrogens with two attached hydrogens (primary N) is 1. The molecule has 1 unspecified atom stereocenters. The Morgan fingerprint density at radius 1 is 1.64 bits per heavy atom. The maximum atomic E-state index is 10.6. The van der Waals surface area contributed by atoms with E-state index in [9.17, 15) is 4.79 Å². The van der Waals surface area contributed by atoms with Crippen molar-refractivity contribution in [3.63, 3.8) is 0 Å². The molecule has 1 amide bonds. The summed E-state index contributed by atoms with van der Waals surface area (Å²) in [5, 5.41) is 0. The predicted molar refractivity (Wildman–Crippen MR) is 54.9 cm³/mol. The molecule has 0 spiro atoms. The number of rotatable bonds is 4. The van der Waals surface area contributed by atoms with Crippen molar-refractivity contribution in [2.24, 2.45) is 5.73 Å². The van der Waals surface area contributed by atoms with E-state index in [0.29, 0.717) is 12.5 Å². The number of primary amides is 1. The summed E-state index contributed by atoms with van der Waals surface area (Å²) in [5.41, 5.74) is 5.10. The SMILES string of the molecule is CC(C)N1CCOC(CCC(N)=O)C1. The van der Waals surface area contributed by atoms with Crippen LogP contribution in [-0.4, -0.2) is 42.6 Å². The topological polar surface area (TPSA) is 55.6 Å². The molecule has 1 rings (SSSR count). The molecule has 1 aliphatic rings. The lowest BCUT2D eigenvalue weighted by molar-refractivity contribution is -0.119. The van der Waals surface area contributed by atoms with Crippen molar-refractivity contribution in [3.05, 3.63) is 0 Å². The highest BCUT2D eigenvalue weighted by atomic mass is 16.5. The van der Waals surface area contributed by atoms with Crippen LogP contribution in [0.3, 0.4) is 0 Å². The summed E-state index contributed by atoms with van der Waals surface area (Å²) in [6.45, 7) is 7.03. The molecular formula is C10H20N2O2. The quantitative estimate of drug-likeness (QED) is 0.713. The fraction of sp³-hybridized carbons (Fsp3) is 0.900. The molecule has 0 aromatic carbocycles. The van der Waals surface area contributed by atoms with Crippen LogP contribution in [0.25, 0.3) is 0 Å². The van der Waals surface area contributed by atoms with Crippen molar-refractivity contribution in [2.45, 2.75) is 38.8 Å². The first kappa shape index (κ1) is 11.5. The standard InChI is InChI=1S/C10H20N2O2/c1-8(2)12-5-6-14-9(7-12)3-4-10(11)13/h8-9H,3-7H2,1-2H3,(H2,11,13). The molecule has 1 saturated heterocycles. The summed E-state index contributed by atoms with van der Waals surface area (Å²) in [7, 11) is 0. The molecule has 1 fully saturated rings. The van der Waals surface area contributed by atoms with Gasteiger partial charge < -0.3 is 10.5 Å². The maximum Gasteiger partial charge on any atom is 0.217 e. The Balaban J connectivity index is 2.29. The van der Waals surface area contributed by atoms with Gasteiger partial charge in [-0.3, -0.25) is 9.69 Å². The predicted octanol–water partition coefficient (Wildman–Crippen LogP) is 0.361. The van der Waals surface area contributed by atoms with Crippen molar-refractivity contribution < 1.29 is 9.53 Å². The number of nitrogens with zero attached hydrogens (tertiary/aromatic N) is 1. The van der Waals surface area contributed by atoms with Crippen LogP contribution in [0.1, 0.15) is 26.7 Å².